The number of carbonyl (C=O) groups is 1. The van der Waals surface area contributed by atoms with Crippen molar-refractivity contribution in [3.05, 3.63) is 17.6 Å². The van der Waals surface area contributed by atoms with Gasteiger partial charge in [0.05, 0.1) is 5.41 Å². The van der Waals surface area contributed by atoms with Gasteiger partial charge in [0, 0.05) is 17.7 Å². The van der Waals surface area contributed by atoms with Gasteiger partial charge in [-0.2, -0.15) is 0 Å². The molecular formula is C13H17Cl2N3O. The molecule has 0 aromatic carbocycles. The highest BCUT2D eigenvalue weighted by molar-refractivity contribution is 6.53. The molecule has 1 N–H and O–H groups in total. The molecule has 0 saturated heterocycles. The normalized spacial score (nSPS) is 24.4. The van der Waals surface area contributed by atoms with Gasteiger partial charge >= 0.3 is 0 Å². The third-order valence-corrected chi connectivity index (χ3v) is 4.49. The molecule has 1 aromatic rings. The minimum atomic E-state index is -0.972. The fourth-order valence-corrected chi connectivity index (χ4v) is 2.52. The van der Waals surface area contributed by atoms with Crippen molar-refractivity contribution in [3.8, 4) is 0 Å². The van der Waals surface area contributed by atoms with Gasteiger partial charge in [-0.3, -0.25) is 4.79 Å². The second-order valence-electron chi connectivity index (χ2n) is 5.57. The van der Waals surface area contributed by atoms with E-state index in [2.05, 4.69) is 15.3 Å². The van der Waals surface area contributed by atoms with Crippen LogP contribution in [0, 0.1) is 12.3 Å². The molecule has 2 rings (SSSR count). The average molecular weight is 302 g/mol. The Bertz CT molecular complexity index is 531. The number of aryl methyl sites for hydroxylation is 1. The smallest absolute Gasteiger partial charge is 0.234 e. The first kappa shape index (κ1) is 14.5. The first-order chi connectivity index (χ1) is 8.65. The molecule has 1 atom stereocenters. The summed E-state index contributed by atoms with van der Waals surface area (Å²) in [6.45, 7) is 7.63. The number of nitrogens with one attached hydrogen (secondary N) is 1. The highest BCUT2D eigenvalue weighted by atomic mass is 35.5. The average Bonchev–Trinajstić information content (AvgIpc) is 2.78. The van der Waals surface area contributed by atoms with Gasteiger partial charge in [-0.15, -0.1) is 23.2 Å². The number of aromatic nitrogens is 2. The minimum absolute atomic E-state index is 0.201. The van der Waals surface area contributed by atoms with Crippen LogP contribution in [0.5, 0.6) is 0 Å². The topological polar surface area (TPSA) is 54.9 Å². The maximum atomic E-state index is 12.2. The van der Waals surface area contributed by atoms with E-state index in [0.717, 1.165) is 5.69 Å². The first-order valence-corrected chi connectivity index (χ1v) is 6.96. The largest absolute Gasteiger partial charge is 0.310 e. The lowest BCUT2D eigenvalue weighted by molar-refractivity contribution is -0.120. The Balaban J connectivity index is 2.18. The molecule has 4 nitrogen and oxygen atoms in total. The van der Waals surface area contributed by atoms with Crippen LogP contribution in [0.25, 0.3) is 0 Å². The van der Waals surface area contributed by atoms with E-state index in [1.54, 1.807) is 13.0 Å². The molecule has 0 bridgehead atoms. The summed E-state index contributed by atoms with van der Waals surface area (Å²) in [5.41, 5.74) is 0.0745. The van der Waals surface area contributed by atoms with Crippen LogP contribution in [0.3, 0.4) is 0 Å². The van der Waals surface area contributed by atoms with Crippen LogP contribution in [0.15, 0.2) is 6.07 Å². The summed E-state index contributed by atoms with van der Waals surface area (Å²) in [7, 11) is 0. The van der Waals surface area contributed by atoms with Crippen molar-refractivity contribution in [2.24, 2.45) is 5.41 Å². The summed E-state index contributed by atoms with van der Waals surface area (Å²) in [5, 5.41) is 2.78. The van der Waals surface area contributed by atoms with Crippen LogP contribution >= 0.6 is 23.2 Å². The van der Waals surface area contributed by atoms with E-state index in [9.17, 15) is 4.79 Å². The lowest BCUT2D eigenvalue weighted by Gasteiger charge is -2.13. The van der Waals surface area contributed by atoms with Crippen molar-refractivity contribution >= 4 is 34.9 Å². The Morgan fingerprint density at radius 3 is 2.47 bits per heavy atom. The number of amides is 1. The lowest BCUT2D eigenvalue weighted by atomic mass is 10.1. The number of carbonyl (C=O) groups excluding carboxylic acids is 1. The third kappa shape index (κ3) is 2.70. The molecule has 19 heavy (non-hydrogen) atoms. The Morgan fingerprint density at radius 2 is 2.00 bits per heavy atom. The zero-order valence-electron chi connectivity index (χ0n) is 11.4. The predicted octanol–water partition coefficient (Wildman–Crippen LogP) is 3.43. The number of nitrogens with zero attached hydrogens (tertiary/aromatic N) is 2. The molecule has 6 heteroatoms. The Kier molecular flexibility index (Phi) is 3.52. The van der Waals surface area contributed by atoms with Crippen LogP contribution in [-0.4, -0.2) is 20.2 Å². The molecule has 1 aliphatic rings. The monoisotopic (exact) mass is 301 g/mol. The van der Waals surface area contributed by atoms with Gasteiger partial charge in [0.2, 0.25) is 5.91 Å². The Hall–Kier alpha value is -0.870. The van der Waals surface area contributed by atoms with Crippen molar-refractivity contribution < 1.29 is 4.79 Å². The van der Waals surface area contributed by atoms with Gasteiger partial charge in [-0.25, -0.2) is 9.97 Å². The van der Waals surface area contributed by atoms with E-state index < -0.39 is 9.75 Å². The minimum Gasteiger partial charge on any atom is -0.310 e. The predicted molar refractivity (Wildman–Crippen MR) is 76.6 cm³/mol. The number of hydrogen-bond donors (Lipinski definition) is 1. The molecule has 1 fully saturated rings. The molecule has 1 heterocycles. The molecule has 1 saturated carbocycles. The van der Waals surface area contributed by atoms with E-state index in [-0.39, 0.29) is 11.8 Å². The highest BCUT2D eigenvalue weighted by Crippen LogP contribution is 2.64. The maximum Gasteiger partial charge on any atom is 0.234 e. The number of halogens is 2. The second kappa shape index (κ2) is 4.60. The van der Waals surface area contributed by atoms with E-state index in [4.69, 9.17) is 23.2 Å². The van der Waals surface area contributed by atoms with E-state index in [1.165, 1.54) is 0 Å². The number of alkyl halides is 2. The maximum absolute atomic E-state index is 12.2. The van der Waals surface area contributed by atoms with Crippen LogP contribution in [-0.2, 0) is 4.79 Å². The van der Waals surface area contributed by atoms with Crippen molar-refractivity contribution in [1.29, 1.82) is 0 Å². The van der Waals surface area contributed by atoms with Gasteiger partial charge in [-0.05, 0) is 20.3 Å². The van der Waals surface area contributed by atoms with Crippen molar-refractivity contribution in [1.82, 2.24) is 9.97 Å². The van der Waals surface area contributed by atoms with Crippen LogP contribution < -0.4 is 5.32 Å². The van der Waals surface area contributed by atoms with Crippen molar-refractivity contribution in [2.45, 2.75) is 44.4 Å². The number of rotatable bonds is 3. The zero-order valence-corrected chi connectivity index (χ0v) is 12.9. The Morgan fingerprint density at radius 1 is 1.42 bits per heavy atom. The van der Waals surface area contributed by atoms with Crippen LogP contribution in [0.4, 0.5) is 5.82 Å². The fraction of sp³-hybridized carbons (Fsp3) is 0.615. The number of anilines is 1. The molecular weight excluding hydrogens is 285 g/mol. The van der Waals surface area contributed by atoms with Gasteiger partial charge in [0.15, 0.2) is 0 Å². The molecule has 1 aromatic heterocycles. The van der Waals surface area contributed by atoms with Crippen LogP contribution in [0.2, 0.25) is 0 Å². The summed E-state index contributed by atoms with van der Waals surface area (Å²) in [5.74, 6) is 1.20. The summed E-state index contributed by atoms with van der Waals surface area (Å²) in [6, 6.07) is 1.74. The first-order valence-electron chi connectivity index (χ1n) is 6.20. The van der Waals surface area contributed by atoms with E-state index >= 15 is 0 Å². The summed E-state index contributed by atoms with van der Waals surface area (Å²) in [4.78, 5) is 20.8. The summed E-state index contributed by atoms with van der Waals surface area (Å²) < 4.78 is -0.972. The summed E-state index contributed by atoms with van der Waals surface area (Å²) >= 11 is 12.0. The van der Waals surface area contributed by atoms with Crippen LogP contribution in [0.1, 0.15) is 44.6 Å². The molecule has 0 unspecified atom stereocenters. The van der Waals surface area contributed by atoms with Crippen molar-refractivity contribution in [3.63, 3.8) is 0 Å². The van der Waals surface area contributed by atoms with Gasteiger partial charge in [0.25, 0.3) is 0 Å². The van der Waals surface area contributed by atoms with Gasteiger partial charge < -0.3 is 5.32 Å². The molecule has 0 spiro atoms. The van der Waals surface area contributed by atoms with E-state index in [0.29, 0.717) is 18.1 Å². The second-order valence-corrected chi connectivity index (χ2v) is 7.06. The standard InChI is InChI=1S/C13H17Cl2N3O/c1-7(2)10-16-8(3)5-9(17-10)18-11(19)12(4)6-13(12,14)15/h5,7H,6H2,1-4H3,(H,16,17,18,19)/t12-/m1/s1. The number of hydrogen-bond acceptors (Lipinski definition) is 3. The Labute approximate surface area is 122 Å². The summed E-state index contributed by atoms with van der Waals surface area (Å²) in [6.07, 6.45) is 0.454. The molecule has 104 valence electrons. The fourth-order valence-electron chi connectivity index (χ4n) is 1.81. The molecule has 0 radical (unpaired) electrons. The van der Waals surface area contributed by atoms with E-state index in [1.807, 2.05) is 20.8 Å². The molecule has 0 aliphatic heterocycles. The third-order valence-electron chi connectivity index (χ3n) is 3.39. The van der Waals surface area contributed by atoms with Crippen molar-refractivity contribution in [2.75, 3.05) is 5.32 Å². The quantitative estimate of drug-likeness (QED) is 0.870. The lowest BCUT2D eigenvalue weighted by Crippen LogP contribution is -2.26. The molecule has 1 amide bonds. The SMILES string of the molecule is Cc1cc(NC(=O)[C@@]2(C)CC2(Cl)Cl)nc(C(C)C)n1. The highest BCUT2D eigenvalue weighted by Gasteiger charge is 2.67. The van der Waals surface area contributed by atoms with Gasteiger partial charge in [-0.1, -0.05) is 13.8 Å². The zero-order chi connectivity index (χ0) is 14.4. The van der Waals surface area contributed by atoms with Gasteiger partial charge in [0.1, 0.15) is 16.0 Å². The molecule has 1 aliphatic carbocycles.